The summed E-state index contributed by atoms with van der Waals surface area (Å²) in [7, 11) is 1.56. The molecule has 0 radical (unpaired) electrons. The van der Waals surface area contributed by atoms with Crippen molar-refractivity contribution >= 4 is 23.5 Å². The SMILES string of the molecule is COc1cccc(NC(=O)C(OC(=O)C2CCN(c3ncccn3)CC2)c2ccccc2)c1. The molecule has 1 fully saturated rings. The Balaban J connectivity index is 1.43. The normalized spacial score (nSPS) is 14.9. The molecule has 2 heterocycles. The Hall–Kier alpha value is -3.94. The van der Waals surface area contributed by atoms with Gasteiger partial charge < -0.3 is 19.7 Å². The van der Waals surface area contributed by atoms with Gasteiger partial charge in [-0.3, -0.25) is 9.59 Å². The van der Waals surface area contributed by atoms with E-state index < -0.39 is 12.0 Å². The van der Waals surface area contributed by atoms with E-state index in [1.807, 2.05) is 23.1 Å². The van der Waals surface area contributed by atoms with Gasteiger partial charge in [0.2, 0.25) is 12.1 Å². The van der Waals surface area contributed by atoms with Crippen LogP contribution in [0.3, 0.4) is 0 Å². The summed E-state index contributed by atoms with van der Waals surface area (Å²) in [5.41, 5.74) is 1.17. The van der Waals surface area contributed by atoms with Crippen LogP contribution < -0.4 is 15.0 Å². The average Bonchev–Trinajstić information content (AvgIpc) is 2.88. The number of nitrogens with zero attached hydrogens (tertiary/aromatic N) is 3. The van der Waals surface area contributed by atoms with Gasteiger partial charge in [0.25, 0.3) is 5.91 Å². The summed E-state index contributed by atoms with van der Waals surface area (Å²) in [6.07, 6.45) is 3.56. The number of aromatic nitrogens is 2. The molecule has 3 aromatic rings. The first kappa shape index (κ1) is 22.3. The van der Waals surface area contributed by atoms with E-state index in [2.05, 4.69) is 15.3 Å². The number of piperidine rings is 1. The molecule has 1 unspecified atom stereocenters. The number of esters is 1. The lowest BCUT2D eigenvalue weighted by molar-refractivity contribution is -0.159. The third-order valence-corrected chi connectivity index (χ3v) is 5.58. The van der Waals surface area contributed by atoms with Gasteiger partial charge in [-0.2, -0.15) is 0 Å². The highest BCUT2D eigenvalue weighted by Crippen LogP contribution is 2.27. The third-order valence-electron chi connectivity index (χ3n) is 5.58. The monoisotopic (exact) mass is 446 g/mol. The predicted octanol–water partition coefficient (Wildman–Crippen LogP) is 3.62. The highest BCUT2D eigenvalue weighted by atomic mass is 16.5. The lowest BCUT2D eigenvalue weighted by Crippen LogP contribution is -2.38. The van der Waals surface area contributed by atoms with E-state index in [1.165, 1.54) is 0 Å². The van der Waals surface area contributed by atoms with Gasteiger partial charge in [-0.25, -0.2) is 9.97 Å². The minimum Gasteiger partial charge on any atom is -0.497 e. The molecule has 8 nitrogen and oxygen atoms in total. The minimum atomic E-state index is -1.06. The van der Waals surface area contributed by atoms with Crippen LogP contribution in [0.2, 0.25) is 0 Å². The van der Waals surface area contributed by atoms with Gasteiger partial charge >= 0.3 is 5.97 Å². The molecule has 1 atom stereocenters. The first-order chi connectivity index (χ1) is 16.1. The van der Waals surface area contributed by atoms with Crippen molar-refractivity contribution in [3.8, 4) is 5.75 Å². The Morgan fingerprint density at radius 3 is 2.42 bits per heavy atom. The highest BCUT2D eigenvalue weighted by molar-refractivity contribution is 5.96. The fourth-order valence-corrected chi connectivity index (χ4v) is 3.79. The van der Waals surface area contributed by atoms with Crippen LogP contribution in [-0.4, -0.2) is 42.0 Å². The van der Waals surface area contributed by atoms with E-state index in [0.29, 0.717) is 48.9 Å². The molecular formula is C25H26N4O4. The van der Waals surface area contributed by atoms with Crippen molar-refractivity contribution in [3.05, 3.63) is 78.6 Å². The first-order valence-corrected chi connectivity index (χ1v) is 10.9. The molecule has 0 aliphatic carbocycles. The number of amides is 1. The lowest BCUT2D eigenvalue weighted by atomic mass is 9.97. The number of hydrogen-bond acceptors (Lipinski definition) is 7. The van der Waals surface area contributed by atoms with Crippen molar-refractivity contribution in [1.82, 2.24) is 9.97 Å². The van der Waals surface area contributed by atoms with Crippen LogP contribution in [-0.2, 0) is 14.3 Å². The summed E-state index contributed by atoms with van der Waals surface area (Å²) in [5.74, 6) is 0.191. The maximum atomic E-state index is 13.1. The molecule has 0 saturated carbocycles. The van der Waals surface area contributed by atoms with Crippen LogP contribution in [0.4, 0.5) is 11.6 Å². The van der Waals surface area contributed by atoms with Crippen LogP contribution in [0.15, 0.2) is 73.1 Å². The molecule has 1 aliphatic rings. The van der Waals surface area contributed by atoms with Crippen molar-refractivity contribution < 1.29 is 19.1 Å². The van der Waals surface area contributed by atoms with E-state index in [9.17, 15) is 9.59 Å². The number of ether oxygens (including phenoxy) is 2. The smallest absolute Gasteiger partial charge is 0.310 e. The van der Waals surface area contributed by atoms with Crippen LogP contribution >= 0.6 is 0 Å². The van der Waals surface area contributed by atoms with Gasteiger partial charge in [0, 0.05) is 42.8 Å². The Bertz CT molecular complexity index is 1070. The number of anilines is 2. The highest BCUT2D eigenvalue weighted by Gasteiger charge is 2.32. The molecule has 8 heteroatoms. The van der Waals surface area contributed by atoms with E-state index >= 15 is 0 Å². The standard InChI is InChI=1S/C25H26N4O4/c1-32-21-10-5-9-20(17-21)28-23(30)22(18-7-3-2-4-8-18)33-24(31)19-11-15-29(16-12-19)25-26-13-6-14-27-25/h2-10,13-14,17,19,22H,11-12,15-16H2,1H3,(H,28,30). The molecule has 170 valence electrons. The molecule has 2 aromatic carbocycles. The summed E-state index contributed by atoms with van der Waals surface area (Å²) >= 11 is 0. The van der Waals surface area contributed by atoms with Gasteiger partial charge in [0.1, 0.15) is 5.75 Å². The van der Waals surface area contributed by atoms with Gasteiger partial charge in [0.05, 0.1) is 13.0 Å². The Labute approximate surface area is 192 Å². The minimum absolute atomic E-state index is 0.291. The number of nitrogens with one attached hydrogen (secondary N) is 1. The number of rotatable bonds is 7. The van der Waals surface area contributed by atoms with E-state index in [1.54, 1.807) is 62.0 Å². The number of benzene rings is 2. The molecule has 0 spiro atoms. The van der Waals surface area contributed by atoms with E-state index in [4.69, 9.17) is 9.47 Å². The summed E-state index contributed by atoms with van der Waals surface area (Å²) in [4.78, 5) is 36.7. The van der Waals surface area contributed by atoms with Crippen LogP contribution in [0.25, 0.3) is 0 Å². The van der Waals surface area contributed by atoms with Crippen LogP contribution in [0.5, 0.6) is 5.75 Å². The van der Waals surface area contributed by atoms with Crippen molar-refractivity contribution in [1.29, 1.82) is 0 Å². The number of hydrogen-bond donors (Lipinski definition) is 1. The Morgan fingerprint density at radius 1 is 1.00 bits per heavy atom. The zero-order valence-electron chi connectivity index (χ0n) is 18.4. The molecular weight excluding hydrogens is 420 g/mol. The predicted molar refractivity (Wildman–Crippen MR) is 124 cm³/mol. The molecule has 1 amide bonds. The van der Waals surface area contributed by atoms with Gasteiger partial charge in [-0.05, 0) is 31.0 Å². The zero-order chi connectivity index (χ0) is 23.0. The van der Waals surface area contributed by atoms with Crippen molar-refractivity contribution in [3.63, 3.8) is 0 Å². The van der Waals surface area contributed by atoms with Gasteiger partial charge in [-0.1, -0.05) is 36.4 Å². The molecule has 33 heavy (non-hydrogen) atoms. The number of carbonyl (C=O) groups excluding carboxylic acids is 2. The first-order valence-electron chi connectivity index (χ1n) is 10.9. The van der Waals surface area contributed by atoms with Crippen LogP contribution in [0.1, 0.15) is 24.5 Å². The average molecular weight is 447 g/mol. The second-order valence-electron chi connectivity index (χ2n) is 7.76. The molecule has 0 bridgehead atoms. The topological polar surface area (TPSA) is 93.6 Å². The maximum Gasteiger partial charge on any atom is 0.310 e. The lowest BCUT2D eigenvalue weighted by Gasteiger charge is -2.31. The fraction of sp³-hybridized carbons (Fsp3) is 0.280. The van der Waals surface area contributed by atoms with E-state index in [0.717, 1.165) is 0 Å². The van der Waals surface area contributed by atoms with E-state index in [-0.39, 0.29) is 11.9 Å². The van der Waals surface area contributed by atoms with Crippen molar-refractivity contribution in [2.45, 2.75) is 18.9 Å². The molecule has 1 aromatic heterocycles. The molecule has 4 rings (SSSR count). The summed E-state index contributed by atoms with van der Waals surface area (Å²) in [6, 6.07) is 17.8. The quantitative estimate of drug-likeness (QED) is 0.554. The summed E-state index contributed by atoms with van der Waals surface area (Å²) < 4.78 is 11.0. The molecule has 1 saturated heterocycles. The Morgan fingerprint density at radius 2 is 1.73 bits per heavy atom. The molecule has 1 N–H and O–H groups in total. The van der Waals surface area contributed by atoms with Crippen molar-refractivity contribution in [2.24, 2.45) is 5.92 Å². The second kappa shape index (κ2) is 10.6. The number of carbonyl (C=O) groups is 2. The zero-order valence-corrected chi connectivity index (χ0v) is 18.4. The van der Waals surface area contributed by atoms with Gasteiger partial charge in [-0.15, -0.1) is 0 Å². The second-order valence-corrected chi connectivity index (χ2v) is 7.76. The third kappa shape index (κ3) is 5.65. The van der Waals surface area contributed by atoms with Gasteiger partial charge in [0.15, 0.2) is 0 Å². The number of methoxy groups -OCH3 is 1. The largest absolute Gasteiger partial charge is 0.497 e. The summed E-state index contributed by atoms with van der Waals surface area (Å²) in [6.45, 7) is 1.30. The summed E-state index contributed by atoms with van der Waals surface area (Å²) in [5, 5.41) is 2.83. The van der Waals surface area contributed by atoms with Crippen molar-refractivity contribution in [2.75, 3.05) is 30.4 Å². The fourth-order valence-electron chi connectivity index (χ4n) is 3.79. The molecule has 1 aliphatic heterocycles. The maximum absolute atomic E-state index is 13.1. The Kier molecular flexibility index (Phi) is 7.14. The van der Waals surface area contributed by atoms with Crippen LogP contribution in [0, 0.1) is 5.92 Å².